The minimum atomic E-state index is 0.535. The quantitative estimate of drug-likeness (QED) is 0.791. The van der Waals surface area contributed by atoms with Gasteiger partial charge in [0.15, 0.2) is 11.5 Å². The number of rotatable bonds is 1. The summed E-state index contributed by atoms with van der Waals surface area (Å²) in [5, 5.41) is 0. The molecule has 4 nitrogen and oxygen atoms in total. The molecule has 0 aliphatic carbocycles. The lowest BCUT2D eigenvalue weighted by Crippen LogP contribution is -2.33. The topological polar surface area (TPSA) is 47.7 Å². The number of nitrogen functional groups attached to an aromatic ring is 1. The van der Waals surface area contributed by atoms with Gasteiger partial charge in [-0.2, -0.15) is 0 Å². The maximum absolute atomic E-state index is 6.21. The first-order valence-electron chi connectivity index (χ1n) is 7.21. The fourth-order valence-corrected chi connectivity index (χ4v) is 2.98. The maximum atomic E-state index is 6.21. The predicted octanol–water partition coefficient (Wildman–Crippen LogP) is 2.81. The largest absolute Gasteiger partial charge is 0.486 e. The molecular formula is C15H22N2O2. The van der Waals surface area contributed by atoms with Gasteiger partial charge in [-0.15, -0.1) is 0 Å². The van der Waals surface area contributed by atoms with Crippen LogP contribution in [0.2, 0.25) is 0 Å². The monoisotopic (exact) mass is 262 g/mol. The third-order valence-corrected chi connectivity index (χ3v) is 4.05. The van der Waals surface area contributed by atoms with E-state index in [1.807, 2.05) is 12.1 Å². The van der Waals surface area contributed by atoms with Crippen LogP contribution in [0.1, 0.15) is 32.6 Å². The van der Waals surface area contributed by atoms with Crippen molar-refractivity contribution in [1.29, 1.82) is 0 Å². The minimum absolute atomic E-state index is 0.535. The van der Waals surface area contributed by atoms with Crippen molar-refractivity contribution in [3.63, 3.8) is 0 Å². The summed E-state index contributed by atoms with van der Waals surface area (Å²) in [5.41, 5.74) is 8.10. The van der Waals surface area contributed by atoms with Crippen LogP contribution in [0.15, 0.2) is 12.1 Å². The number of hydrogen-bond donors (Lipinski definition) is 1. The number of ether oxygens (including phenoxy) is 2. The Labute approximate surface area is 114 Å². The van der Waals surface area contributed by atoms with Crippen LogP contribution >= 0.6 is 0 Å². The zero-order chi connectivity index (χ0) is 13.2. The van der Waals surface area contributed by atoms with Crippen LogP contribution in [0.4, 0.5) is 11.4 Å². The highest BCUT2D eigenvalue weighted by molar-refractivity contribution is 5.73. The Morgan fingerprint density at radius 1 is 1.11 bits per heavy atom. The molecule has 0 bridgehead atoms. The second-order valence-electron chi connectivity index (χ2n) is 5.45. The summed E-state index contributed by atoms with van der Waals surface area (Å²) >= 11 is 0. The van der Waals surface area contributed by atoms with Crippen molar-refractivity contribution in [1.82, 2.24) is 0 Å². The van der Waals surface area contributed by atoms with Crippen LogP contribution in [-0.4, -0.2) is 25.8 Å². The van der Waals surface area contributed by atoms with Gasteiger partial charge in [0.2, 0.25) is 0 Å². The van der Waals surface area contributed by atoms with E-state index >= 15 is 0 Å². The van der Waals surface area contributed by atoms with E-state index < -0.39 is 0 Å². The Balaban J connectivity index is 1.94. The highest BCUT2D eigenvalue weighted by Gasteiger charge is 2.22. The first-order chi connectivity index (χ1) is 9.25. The minimum Gasteiger partial charge on any atom is -0.486 e. The van der Waals surface area contributed by atoms with Gasteiger partial charge in [-0.05, 0) is 19.8 Å². The Bertz CT molecular complexity index is 462. The third-order valence-electron chi connectivity index (χ3n) is 4.05. The van der Waals surface area contributed by atoms with Gasteiger partial charge in [0.25, 0.3) is 0 Å². The van der Waals surface area contributed by atoms with Crippen molar-refractivity contribution in [3.8, 4) is 11.5 Å². The summed E-state index contributed by atoms with van der Waals surface area (Å²) in [6, 6.07) is 4.49. The van der Waals surface area contributed by atoms with E-state index in [1.54, 1.807) is 0 Å². The van der Waals surface area contributed by atoms with E-state index in [2.05, 4.69) is 11.8 Å². The number of benzene rings is 1. The number of nitrogens with zero attached hydrogens (tertiary/aromatic N) is 1. The average molecular weight is 262 g/mol. The molecule has 1 atom stereocenters. The molecule has 2 N–H and O–H groups in total. The van der Waals surface area contributed by atoms with Crippen molar-refractivity contribution < 1.29 is 9.47 Å². The van der Waals surface area contributed by atoms with Gasteiger partial charge >= 0.3 is 0 Å². The second-order valence-corrected chi connectivity index (χ2v) is 5.45. The molecule has 4 heteroatoms. The normalized spacial score (nSPS) is 23.0. The summed E-state index contributed by atoms with van der Waals surface area (Å²) in [7, 11) is 0. The van der Waals surface area contributed by atoms with E-state index in [4.69, 9.17) is 15.2 Å². The first kappa shape index (κ1) is 12.5. The van der Waals surface area contributed by atoms with Gasteiger partial charge in [-0.25, -0.2) is 0 Å². The molecule has 3 rings (SSSR count). The van der Waals surface area contributed by atoms with Crippen LogP contribution in [-0.2, 0) is 0 Å². The van der Waals surface area contributed by atoms with E-state index in [0.717, 1.165) is 29.4 Å². The highest BCUT2D eigenvalue weighted by atomic mass is 16.6. The Morgan fingerprint density at radius 2 is 1.84 bits per heavy atom. The van der Waals surface area contributed by atoms with Gasteiger partial charge in [-0.1, -0.05) is 12.8 Å². The SMILES string of the molecule is CC1CCCCCN1c1cc2c(cc1N)OCCO2. The van der Waals surface area contributed by atoms with Crippen molar-refractivity contribution in [2.24, 2.45) is 0 Å². The molecule has 2 heterocycles. The molecule has 0 amide bonds. The summed E-state index contributed by atoms with van der Waals surface area (Å²) < 4.78 is 11.2. The lowest BCUT2D eigenvalue weighted by atomic mass is 10.1. The maximum Gasteiger partial charge on any atom is 0.163 e. The lowest BCUT2D eigenvalue weighted by molar-refractivity contribution is 0.172. The highest BCUT2D eigenvalue weighted by Crippen LogP contribution is 2.40. The molecule has 0 spiro atoms. The van der Waals surface area contributed by atoms with Gasteiger partial charge in [0.05, 0.1) is 11.4 Å². The van der Waals surface area contributed by atoms with E-state index in [1.165, 1.54) is 25.7 Å². The van der Waals surface area contributed by atoms with E-state index in [9.17, 15) is 0 Å². The molecule has 104 valence electrons. The van der Waals surface area contributed by atoms with Gasteiger partial charge in [0.1, 0.15) is 13.2 Å². The molecule has 19 heavy (non-hydrogen) atoms. The molecule has 2 aliphatic rings. The van der Waals surface area contributed by atoms with Gasteiger partial charge in [-0.3, -0.25) is 0 Å². The van der Waals surface area contributed by atoms with Crippen LogP contribution < -0.4 is 20.1 Å². The molecule has 1 unspecified atom stereocenters. The lowest BCUT2D eigenvalue weighted by Gasteiger charge is -2.31. The molecule has 1 saturated heterocycles. The molecule has 1 aromatic carbocycles. The van der Waals surface area contributed by atoms with Crippen molar-refractivity contribution in [2.45, 2.75) is 38.6 Å². The van der Waals surface area contributed by atoms with E-state index in [0.29, 0.717) is 19.3 Å². The number of anilines is 2. The summed E-state index contributed by atoms with van der Waals surface area (Å²) in [4.78, 5) is 2.42. The zero-order valence-electron chi connectivity index (χ0n) is 11.5. The number of fused-ring (bicyclic) bond motifs is 1. The summed E-state index contributed by atoms with van der Waals surface area (Å²) in [5.74, 6) is 1.60. The molecule has 0 radical (unpaired) electrons. The smallest absolute Gasteiger partial charge is 0.163 e. The molecule has 1 aromatic rings. The fourth-order valence-electron chi connectivity index (χ4n) is 2.98. The number of hydrogen-bond acceptors (Lipinski definition) is 4. The second kappa shape index (κ2) is 5.19. The fraction of sp³-hybridized carbons (Fsp3) is 0.600. The third kappa shape index (κ3) is 2.44. The first-order valence-corrected chi connectivity index (χ1v) is 7.21. The van der Waals surface area contributed by atoms with Gasteiger partial charge < -0.3 is 20.1 Å². The van der Waals surface area contributed by atoms with Gasteiger partial charge in [0, 0.05) is 24.7 Å². The molecular weight excluding hydrogens is 240 g/mol. The van der Waals surface area contributed by atoms with Crippen LogP contribution in [0.25, 0.3) is 0 Å². The number of nitrogens with two attached hydrogens (primary N) is 1. The molecule has 2 aliphatic heterocycles. The van der Waals surface area contributed by atoms with Crippen LogP contribution in [0.5, 0.6) is 11.5 Å². The van der Waals surface area contributed by atoms with Crippen molar-refractivity contribution in [2.75, 3.05) is 30.4 Å². The van der Waals surface area contributed by atoms with Crippen molar-refractivity contribution in [3.05, 3.63) is 12.1 Å². The van der Waals surface area contributed by atoms with Crippen LogP contribution in [0, 0.1) is 0 Å². The average Bonchev–Trinajstić information content (AvgIpc) is 2.63. The Hall–Kier alpha value is -1.58. The zero-order valence-corrected chi connectivity index (χ0v) is 11.5. The molecule has 0 saturated carbocycles. The standard InChI is InChI=1S/C15H22N2O2/c1-11-5-3-2-4-6-17(11)13-10-15-14(9-12(13)16)18-7-8-19-15/h9-11H,2-8,16H2,1H3. The predicted molar refractivity (Wildman–Crippen MR) is 77.1 cm³/mol. The van der Waals surface area contributed by atoms with Crippen LogP contribution in [0.3, 0.4) is 0 Å². The molecule has 0 aromatic heterocycles. The summed E-state index contributed by atoms with van der Waals surface area (Å²) in [6.07, 6.45) is 5.08. The van der Waals surface area contributed by atoms with Crippen molar-refractivity contribution >= 4 is 11.4 Å². The molecule has 1 fully saturated rings. The van der Waals surface area contributed by atoms with E-state index in [-0.39, 0.29) is 0 Å². The Morgan fingerprint density at radius 3 is 2.63 bits per heavy atom. The summed E-state index contributed by atoms with van der Waals surface area (Å²) in [6.45, 7) is 4.57. The Kier molecular flexibility index (Phi) is 3.40.